The van der Waals surface area contributed by atoms with Crippen molar-refractivity contribution in [3.63, 3.8) is 0 Å². The first kappa shape index (κ1) is 17.2. The second-order valence-electron chi connectivity index (χ2n) is 4.52. The van der Waals surface area contributed by atoms with E-state index >= 15 is 0 Å². The van der Waals surface area contributed by atoms with E-state index in [1.54, 1.807) is 0 Å². The molecule has 0 bridgehead atoms. The Morgan fingerprint density at radius 2 is 1.74 bits per heavy atom. The molecular formula is C8H19NO8P2. The molecule has 1 unspecified atom stereocenters. The second-order valence-corrected chi connectivity index (χ2v) is 8.53. The molecule has 1 saturated heterocycles. The lowest BCUT2D eigenvalue weighted by molar-refractivity contribution is 0.0147. The Labute approximate surface area is 110 Å². The number of piperidine rings is 1. The third-order valence-corrected chi connectivity index (χ3v) is 6.65. The molecule has 19 heavy (non-hydrogen) atoms. The SMILES string of the molecule is O=P(O)(O)C(O)(COCC1CCCCN1)P(=O)(O)O. The predicted octanol–water partition coefficient (Wildman–Crippen LogP) is -0.853. The summed E-state index contributed by atoms with van der Waals surface area (Å²) in [6.07, 6.45) is 2.79. The molecule has 0 aromatic carbocycles. The van der Waals surface area contributed by atoms with Gasteiger partial charge in [-0.05, 0) is 19.4 Å². The minimum atomic E-state index is -5.43. The van der Waals surface area contributed by atoms with Crippen molar-refractivity contribution in [2.75, 3.05) is 19.8 Å². The number of nitrogens with one attached hydrogen (secondary N) is 1. The summed E-state index contributed by atoms with van der Waals surface area (Å²) in [7, 11) is -10.9. The first-order valence-corrected chi connectivity index (χ1v) is 8.95. The van der Waals surface area contributed by atoms with Crippen LogP contribution in [-0.2, 0) is 13.9 Å². The first-order chi connectivity index (χ1) is 8.58. The molecule has 1 aliphatic heterocycles. The molecule has 1 aliphatic rings. The van der Waals surface area contributed by atoms with Crippen LogP contribution in [0.2, 0.25) is 0 Å². The zero-order valence-corrected chi connectivity index (χ0v) is 12.0. The van der Waals surface area contributed by atoms with E-state index < -0.39 is 26.9 Å². The molecule has 0 amide bonds. The number of aliphatic hydroxyl groups is 1. The third kappa shape index (κ3) is 4.32. The highest BCUT2D eigenvalue weighted by molar-refractivity contribution is 7.72. The van der Waals surface area contributed by atoms with E-state index in [-0.39, 0.29) is 12.6 Å². The molecule has 9 nitrogen and oxygen atoms in total. The molecule has 6 N–H and O–H groups in total. The summed E-state index contributed by atoms with van der Waals surface area (Å²) in [5.41, 5.74) is 0. The summed E-state index contributed by atoms with van der Waals surface area (Å²) in [6.45, 7) is -0.322. The lowest BCUT2D eigenvalue weighted by Crippen LogP contribution is -2.40. The van der Waals surface area contributed by atoms with Crippen LogP contribution in [-0.4, -0.2) is 55.6 Å². The minimum Gasteiger partial charge on any atom is -0.375 e. The summed E-state index contributed by atoms with van der Waals surface area (Å²) in [5, 5.41) is 9.14. The molecule has 0 aromatic heterocycles. The van der Waals surface area contributed by atoms with Crippen molar-refractivity contribution >= 4 is 15.2 Å². The summed E-state index contributed by atoms with van der Waals surface area (Å²) in [6, 6.07) is -0.0495. The van der Waals surface area contributed by atoms with Crippen LogP contribution in [0.25, 0.3) is 0 Å². The van der Waals surface area contributed by atoms with E-state index in [1.807, 2.05) is 0 Å². The fraction of sp³-hybridized carbons (Fsp3) is 1.00. The fourth-order valence-electron chi connectivity index (χ4n) is 1.74. The quantitative estimate of drug-likeness (QED) is 0.343. The van der Waals surface area contributed by atoms with Crippen molar-refractivity contribution in [1.29, 1.82) is 0 Å². The zero-order chi connectivity index (χ0) is 14.7. The van der Waals surface area contributed by atoms with Crippen molar-refractivity contribution in [1.82, 2.24) is 5.32 Å². The lowest BCUT2D eigenvalue weighted by atomic mass is 10.1. The number of rotatable bonds is 6. The molecule has 1 fully saturated rings. The molecule has 1 heterocycles. The number of ether oxygens (including phenoxy) is 1. The maximum Gasteiger partial charge on any atom is 0.371 e. The van der Waals surface area contributed by atoms with Crippen LogP contribution in [0.3, 0.4) is 0 Å². The van der Waals surface area contributed by atoms with E-state index in [0.29, 0.717) is 0 Å². The van der Waals surface area contributed by atoms with Crippen LogP contribution in [0.1, 0.15) is 19.3 Å². The van der Waals surface area contributed by atoms with Crippen LogP contribution in [0, 0.1) is 0 Å². The molecule has 0 spiro atoms. The maximum atomic E-state index is 11.0. The molecular weight excluding hydrogens is 300 g/mol. The Morgan fingerprint density at radius 3 is 2.16 bits per heavy atom. The van der Waals surface area contributed by atoms with Gasteiger partial charge in [-0.1, -0.05) is 6.42 Å². The largest absolute Gasteiger partial charge is 0.375 e. The zero-order valence-electron chi connectivity index (χ0n) is 10.2. The van der Waals surface area contributed by atoms with Crippen LogP contribution in [0.5, 0.6) is 0 Å². The van der Waals surface area contributed by atoms with Gasteiger partial charge in [0.1, 0.15) is 0 Å². The van der Waals surface area contributed by atoms with Crippen molar-refractivity contribution in [3.8, 4) is 0 Å². The summed E-state index contributed by atoms with van der Waals surface area (Å²) < 4.78 is 27.0. The van der Waals surface area contributed by atoms with Crippen molar-refractivity contribution in [2.24, 2.45) is 0 Å². The number of hydrogen-bond donors (Lipinski definition) is 6. The van der Waals surface area contributed by atoms with Gasteiger partial charge in [0.2, 0.25) is 0 Å². The normalized spacial score (nSPS) is 22.5. The molecule has 0 radical (unpaired) electrons. The maximum absolute atomic E-state index is 11.0. The molecule has 1 rings (SSSR count). The van der Waals surface area contributed by atoms with E-state index in [1.165, 1.54) is 0 Å². The summed E-state index contributed by atoms with van der Waals surface area (Å²) in [5.74, 6) is 0. The summed E-state index contributed by atoms with van der Waals surface area (Å²) >= 11 is 0. The number of hydrogen-bond acceptors (Lipinski definition) is 5. The van der Waals surface area contributed by atoms with Crippen molar-refractivity contribution in [3.05, 3.63) is 0 Å². The van der Waals surface area contributed by atoms with Gasteiger partial charge in [0.15, 0.2) is 0 Å². The molecule has 114 valence electrons. The predicted molar refractivity (Wildman–Crippen MR) is 65.5 cm³/mol. The van der Waals surface area contributed by atoms with E-state index in [0.717, 1.165) is 25.8 Å². The van der Waals surface area contributed by atoms with Crippen LogP contribution < -0.4 is 5.32 Å². The van der Waals surface area contributed by atoms with Gasteiger partial charge in [0, 0.05) is 6.04 Å². The lowest BCUT2D eigenvalue weighted by Gasteiger charge is -2.30. The van der Waals surface area contributed by atoms with E-state index in [2.05, 4.69) is 5.32 Å². The van der Waals surface area contributed by atoms with Gasteiger partial charge in [-0.2, -0.15) is 0 Å². The van der Waals surface area contributed by atoms with Gasteiger partial charge in [0.05, 0.1) is 13.2 Å². The van der Waals surface area contributed by atoms with Crippen LogP contribution >= 0.6 is 15.2 Å². The topological polar surface area (TPSA) is 157 Å². The van der Waals surface area contributed by atoms with Gasteiger partial charge in [-0.3, -0.25) is 9.13 Å². The highest BCUT2D eigenvalue weighted by atomic mass is 31.2. The molecule has 11 heteroatoms. The Morgan fingerprint density at radius 1 is 1.16 bits per heavy atom. The standard InChI is InChI=1S/C8H19NO8P2/c10-8(18(11,12)13,19(14,15)16)6-17-5-7-3-1-2-4-9-7/h7,9-10H,1-6H2,(H2,11,12,13)(H2,14,15,16). The molecule has 0 aromatic rings. The first-order valence-electron chi connectivity index (χ1n) is 5.73. The average molecular weight is 319 g/mol. The highest BCUT2D eigenvalue weighted by Gasteiger charge is 2.59. The average Bonchev–Trinajstić information content (AvgIpc) is 2.27. The third-order valence-electron chi connectivity index (χ3n) is 2.96. The minimum absolute atomic E-state index is 0.0162. The van der Waals surface area contributed by atoms with Crippen molar-refractivity contribution in [2.45, 2.75) is 30.4 Å². The second kappa shape index (κ2) is 6.30. The Kier molecular flexibility index (Phi) is 5.72. The highest BCUT2D eigenvalue weighted by Crippen LogP contribution is 2.67. The molecule has 0 aliphatic carbocycles. The van der Waals surface area contributed by atoms with Gasteiger partial charge in [-0.15, -0.1) is 0 Å². The van der Waals surface area contributed by atoms with Gasteiger partial charge in [-0.25, -0.2) is 0 Å². The van der Waals surface area contributed by atoms with Gasteiger partial charge >= 0.3 is 15.2 Å². The molecule has 1 atom stereocenters. The summed E-state index contributed by atoms with van der Waals surface area (Å²) in [4.78, 5) is 35.5. The Balaban J connectivity index is 2.60. The monoisotopic (exact) mass is 319 g/mol. The fourth-order valence-corrected chi connectivity index (χ4v) is 3.62. The van der Waals surface area contributed by atoms with Gasteiger partial charge in [0.25, 0.3) is 5.08 Å². The van der Waals surface area contributed by atoms with Gasteiger partial charge < -0.3 is 34.7 Å². The van der Waals surface area contributed by atoms with Crippen molar-refractivity contribution < 1.29 is 38.5 Å². The van der Waals surface area contributed by atoms with Crippen LogP contribution in [0.15, 0.2) is 0 Å². The van der Waals surface area contributed by atoms with E-state index in [4.69, 9.17) is 24.3 Å². The Hall–Kier alpha value is 0.180. The molecule has 0 saturated carbocycles. The van der Waals surface area contributed by atoms with E-state index in [9.17, 15) is 14.2 Å². The smallest absolute Gasteiger partial charge is 0.371 e. The van der Waals surface area contributed by atoms with Crippen LogP contribution in [0.4, 0.5) is 0 Å². The Bertz CT molecular complexity index is 362.